The van der Waals surface area contributed by atoms with Crippen LogP contribution in [0.3, 0.4) is 0 Å². The molecule has 1 fully saturated rings. The highest BCUT2D eigenvalue weighted by molar-refractivity contribution is 5.86. The number of likely N-dealkylation sites (N-methyl/N-ethyl adjacent to an activating group) is 1. The molecule has 0 radical (unpaired) electrons. The molecular formula is C18H24N4O2. The van der Waals surface area contributed by atoms with Gasteiger partial charge in [-0.3, -0.25) is 0 Å². The van der Waals surface area contributed by atoms with E-state index in [9.17, 15) is 4.79 Å². The number of likely N-dealkylation sites (tertiary alicyclic amines) is 1. The fraction of sp³-hybridized carbons (Fsp3) is 0.444. The molecule has 1 aliphatic rings. The predicted octanol–water partition coefficient (Wildman–Crippen LogP) is 2.19. The average molecular weight is 328 g/mol. The Morgan fingerprint density at radius 1 is 1.50 bits per heavy atom. The van der Waals surface area contributed by atoms with Crippen molar-refractivity contribution >= 4 is 23.1 Å². The highest BCUT2D eigenvalue weighted by atomic mass is 16.4. The van der Waals surface area contributed by atoms with E-state index in [1.54, 1.807) is 6.08 Å². The van der Waals surface area contributed by atoms with Gasteiger partial charge >= 0.3 is 5.97 Å². The number of aromatic nitrogens is 2. The van der Waals surface area contributed by atoms with Crippen LogP contribution >= 0.6 is 0 Å². The van der Waals surface area contributed by atoms with E-state index in [2.05, 4.69) is 36.1 Å². The third-order valence-electron chi connectivity index (χ3n) is 4.40. The van der Waals surface area contributed by atoms with Crippen LogP contribution in [0, 0.1) is 0 Å². The number of hydrogen-bond acceptors (Lipinski definition) is 4. The Kier molecular flexibility index (Phi) is 4.43. The van der Waals surface area contributed by atoms with Crippen molar-refractivity contribution in [2.24, 2.45) is 0 Å². The second-order valence-electron chi connectivity index (χ2n) is 6.90. The van der Waals surface area contributed by atoms with Gasteiger partial charge < -0.3 is 20.3 Å². The number of carboxylic acids is 1. The number of carboxylic acid groups (broad SMARTS) is 1. The number of aliphatic carboxylic acids is 1. The average Bonchev–Trinajstić information content (AvgIpc) is 3.08. The van der Waals surface area contributed by atoms with Gasteiger partial charge in [-0.2, -0.15) is 0 Å². The van der Waals surface area contributed by atoms with Gasteiger partial charge in [-0.05, 0) is 51.1 Å². The highest BCUT2D eigenvalue weighted by Crippen LogP contribution is 2.31. The summed E-state index contributed by atoms with van der Waals surface area (Å²) in [6, 6.07) is 6.12. The summed E-state index contributed by atoms with van der Waals surface area (Å²) in [5.74, 6) is 0.00167. The van der Waals surface area contributed by atoms with Crippen molar-refractivity contribution < 1.29 is 9.90 Å². The van der Waals surface area contributed by atoms with E-state index in [1.165, 1.54) is 0 Å². The van der Waals surface area contributed by atoms with E-state index < -0.39 is 5.97 Å². The van der Waals surface area contributed by atoms with Crippen LogP contribution < -0.4 is 5.32 Å². The molecule has 0 unspecified atom stereocenters. The van der Waals surface area contributed by atoms with Gasteiger partial charge in [0.2, 0.25) is 0 Å². The number of benzene rings is 1. The van der Waals surface area contributed by atoms with E-state index in [0.29, 0.717) is 6.04 Å². The molecule has 24 heavy (non-hydrogen) atoms. The lowest BCUT2D eigenvalue weighted by molar-refractivity contribution is -0.131. The van der Waals surface area contributed by atoms with Crippen LogP contribution in [0.5, 0.6) is 0 Å². The van der Waals surface area contributed by atoms with Crippen LogP contribution in [0.2, 0.25) is 0 Å². The zero-order valence-corrected chi connectivity index (χ0v) is 14.3. The lowest BCUT2D eigenvalue weighted by Crippen LogP contribution is -2.48. The maximum Gasteiger partial charge on any atom is 0.328 e. The molecule has 1 aliphatic heterocycles. The zero-order valence-electron chi connectivity index (χ0n) is 14.3. The summed E-state index contributed by atoms with van der Waals surface area (Å²) in [5.41, 5.74) is 2.49. The number of fused-ring (bicyclic) bond motifs is 1. The summed E-state index contributed by atoms with van der Waals surface area (Å²) in [7, 11) is 2.13. The molecule has 2 aromatic rings. The van der Waals surface area contributed by atoms with Crippen LogP contribution in [0.15, 0.2) is 24.3 Å². The number of aromatic amines is 1. The Balaban J connectivity index is 1.98. The summed E-state index contributed by atoms with van der Waals surface area (Å²) in [4.78, 5) is 21.2. The predicted molar refractivity (Wildman–Crippen MR) is 94.8 cm³/mol. The maximum absolute atomic E-state index is 10.7. The number of carbonyl (C=O) groups is 1. The molecule has 1 saturated heterocycles. The summed E-state index contributed by atoms with van der Waals surface area (Å²) in [6.45, 7) is 6.25. The second-order valence-corrected chi connectivity index (χ2v) is 6.90. The Morgan fingerprint density at radius 2 is 2.29 bits per heavy atom. The maximum atomic E-state index is 10.7. The second kappa shape index (κ2) is 6.37. The summed E-state index contributed by atoms with van der Waals surface area (Å²) >= 11 is 0. The molecule has 0 spiro atoms. The van der Waals surface area contributed by atoms with Gasteiger partial charge in [0.05, 0.1) is 16.6 Å². The lowest BCUT2D eigenvalue weighted by Gasteiger charge is -2.30. The zero-order chi connectivity index (χ0) is 17.3. The van der Waals surface area contributed by atoms with Crippen LogP contribution in [0.25, 0.3) is 17.1 Å². The molecule has 6 nitrogen and oxygen atoms in total. The van der Waals surface area contributed by atoms with Crippen LogP contribution in [-0.2, 0) is 10.3 Å². The summed E-state index contributed by atoms with van der Waals surface area (Å²) in [5, 5.41) is 12.4. The standard InChI is InChI=1S/C18H24N4O2/c1-12(2)21-18(8-9-22(3)11-18)17-19-14-6-4-13(5-7-16(23)24)10-15(14)20-17/h4-7,10,12,21H,8-9,11H2,1-3H3,(H,19,20)(H,23,24)/b7-5+/t18-/m0/s1. The van der Waals surface area contributed by atoms with Crippen molar-refractivity contribution in [3.63, 3.8) is 0 Å². The van der Waals surface area contributed by atoms with Crippen LogP contribution in [-0.4, -0.2) is 52.1 Å². The molecule has 128 valence electrons. The van der Waals surface area contributed by atoms with E-state index >= 15 is 0 Å². The number of nitrogens with one attached hydrogen (secondary N) is 2. The van der Waals surface area contributed by atoms with Crippen molar-refractivity contribution in [1.82, 2.24) is 20.2 Å². The molecule has 3 rings (SSSR count). The van der Waals surface area contributed by atoms with E-state index in [4.69, 9.17) is 10.1 Å². The van der Waals surface area contributed by atoms with Crippen molar-refractivity contribution in [3.05, 3.63) is 35.7 Å². The largest absolute Gasteiger partial charge is 0.478 e. The van der Waals surface area contributed by atoms with Gasteiger partial charge in [0.25, 0.3) is 0 Å². The molecule has 1 aromatic carbocycles. The molecule has 0 saturated carbocycles. The Labute approximate surface area is 141 Å². The molecule has 0 bridgehead atoms. The Hall–Kier alpha value is -2.18. The fourth-order valence-corrected chi connectivity index (χ4v) is 3.45. The third kappa shape index (κ3) is 3.34. The number of rotatable bonds is 5. The number of nitrogens with zero attached hydrogens (tertiary/aromatic N) is 2. The normalized spacial score (nSPS) is 22.2. The molecule has 6 heteroatoms. The molecule has 1 atom stereocenters. The van der Waals surface area contributed by atoms with E-state index in [-0.39, 0.29) is 5.54 Å². The number of H-pyrrole nitrogens is 1. The van der Waals surface area contributed by atoms with Crippen molar-refractivity contribution in [2.75, 3.05) is 20.1 Å². The first-order valence-corrected chi connectivity index (χ1v) is 8.25. The Bertz CT molecular complexity index is 780. The molecular weight excluding hydrogens is 304 g/mol. The number of hydrogen-bond donors (Lipinski definition) is 3. The smallest absolute Gasteiger partial charge is 0.328 e. The number of imidazole rings is 1. The molecule has 2 heterocycles. The Morgan fingerprint density at radius 3 is 2.92 bits per heavy atom. The topological polar surface area (TPSA) is 81.2 Å². The minimum atomic E-state index is -0.952. The molecule has 0 amide bonds. The molecule has 1 aromatic heterocycles. The van der Waals surface area contributed by atoms with Crippen LogP contribution in [0.1, 0.15) is 31.7 Å². The monoisotopic (exact) mass is 328 g/mol. The van der Waals surface area contributed by atoms with Gasteiger partial charge in [0.1, 0.15) is 5.82 Å². The third-order valence-corrected chi connectivity index (χ3v) is 4.40. The molecule has 0 aliphatic carbocycles. The van der Waals surface area contributed by atoms with Gasteiger partial charge in [-0.15, -0.1) is 0 Å². The minimum absolute atomic E-state index is 0.168. The van der Waals surface area contributed by atoms with Crippen LogP contribution in [0.4, 0.5) is 0 Å². The van der Waals surface area contributed by atoms with E-state index in [0.717, 1.165) is 48.0 Å². The molecule has 3 N–H and O–H groups in total. The van der Waals surface area contributed by atoms with Gasteiger partial charge in [0, 0.05) is 25.2 Å². The van der Waals surface area contributed by atoms with Crippen molar-refractivity contribution in [1.29, 1.82) is 0 Å². The quantitative estimate of drug-likeness (QED) is 0.733. The van der Waals surface area contributed by atoms with Gasteiger partial charge in [-0.1, -0.05) is 6.07 Å². The SMILES string of the molecule is CC(C)N[C@@]1(c2nc3cc(/C=C/C(=O)O)ccc3[nH]2)CCN(C)C1. The first kappa shape index (κ1) is 16.7. The summed E-state index contributed by atoms with van der Waals surface area (Å²) < 4.78 is 0. The fourth-order valence-electron chi connectivity index (χ4n) is 3.45. The lowest BCUT2D eigenvalue weighted by atomic mass is 9.96. The first-order valence-electron chi connectivity index (χ1n) is 8.25. The van der Waals surface area contributed by atoms with Gasteiger partial charge in [-0.25, -0.2) is 9.78 Å². The van der Waals surface area contributed by atoms with Gasteiger partial charge in [0.15, 0.2) is 0 Å². The minimum Gasteiger partial charge on any atom is -0.478 e. The van der Waals surface area contributed by atoms with Crippen molar-refractivity contribution in [2.45, 2.75) is 31.8 Å². The first-order chi connectivity index (χ1) is 11.4. The summed E-state index contributed by atoms with van der Waals surface area (Å²) in [6.07, 6.45) is 3.73. The van der Waals surface area contributed by atoms with E-state index in [1.807, 2.05) is 18.2 Å². The highest BCUT2D eigenvalue weighted by Gasteiger charge is 2.41. The van der Waals surface area contributed by atoms with Crippen molar-refractivity contribution in [3.8, 4) is 0 Å².